The fourth-order valence-electron chi connectivity index (χ4n) is 0.427. The van der Waals surface area contributed by atoms with Gasteiger partial charge in [-0.25, -0.2) is 0 Å². The molecule has 0 aliphatic heterocycles. The minimum absolute atomic E-state index is 0.261. The fourth-order valence-corrected chi connectivity index (χ4v) is 0.768. The molecule has 1 unspecified atom stereocenters. The van der Waals surface area contributed by atoms with Crippen LogP contribution in [0.1, 0.15) is 6.92 Å². The molecule has 0 spiro atoms. The van der Waals surface area contributed by atoms with Gasteiger partial charge >= 0.3 is 5.97 Å². The van der Waals surface area contributed by atoms with Gasteiger partial charge < -0.3 is 9.57 Å². The monoisotopic (exact) mass is 289 g/mol. The number of hydrogen-bond acceptors (Lipinski definition) is 5. The number of carbonyl (C=O) groups is 1. The van der Waals surface area contributed by atoms with Crippen LogP contribution in [-0.2, 0) is 14.4 Å². The second-order valence-corrected chi connectivity index (χ2v) is 3.24. The van der Waals surface area contributed by atoms with Gasteiger partial charge in [0.1, 0.15) is 10.5 Å². The molecule has 0 aromatic carbocycles. The lowest BCUT2D eigenvalue weighted by Gasteiger charge is -2.06. The van der Waals surface area contributed by atoms with Crippen LogP contribution in [0.3, 0.4) is 0 Å². The quantitative estimate of drug-likeness (QED) is 0.243. The molecule has 0 saturated heterocycles. The van der Waals surface area contributed by atoms with Gasteiger partial charge in [0.05, 0.1) is 6.61 Å². The van der Waals surface area contributed by atoms with Crippen molar-refractivity contribution in [1.29, 1.82) is 0 Å². The van der Waals surface area contributed by atoms with Crippen LogP contribution in [0.2, 0.25) is 0 Å². The number of nitrogens with zero attached hydrogens (tertiary/aromatic N) is 1. The summed E-state index contributed by atoms with van der Waals surface area (Å²) in [6.45, 7) is 1.65. The summed E-state index contributed by atoms with van der Waals surface area (Å²) in [6.07, 6.45) is 0. The maximum atomic E-state index is 10.8. The van der Waals surface area contributed by atoms with Crippen LogP contribution in [0.15, 0.2) is 0 Å². The Labute approximate surface area is 82.5 Å². The van der Waals surface area contributed by atoms with Crippen molar-refractivity contribution in [2.75, 3.05) is 13.2 Å². The van der Waals surface area contributed by atoms with Gasteiger partial charge in [-0.2, -0.15) is 0 Å². The summed E-state index contributed by atoms with van der Waals surface area (Å²) in [6, 6.07) is 0. The number of alkyl halides is 1. The average Bonchev–Trinajstić information content (AvgIpc) is 2.00. The van der Waals surface area contributed by atoms with E-state index in [0.29, 0.717) is 0 Å². The van der Waals surface area contributed by atoms with E-state index in [2.05, 4.69) is 9.57 Å². The molecule has 0 aromatic rings. The van der Waals surface area contributed by atoms with Crippen LogP contribution in [0.25, 0.3) is 0 Å². The van der Waals surface area contributed by atoms with Crippen molar-refractivity contribution in [3.8, 4) is 0 Å². The SMILES string of the molecule is CCOC(=O)C(I)CO[N+](=O)[O-]. The van der Waals surface area contributed by atoms with Crippen LogP contribution < -0.4 is 0 Å². The Kier molecular flexibility index (Phi) is 5.68. The minimum atomic E-state index is -0.940. The van der Waals surface area contributed by atoms with E-state index in [0.717, 1.165) is 0 Å². The zero-order chi connectivity index (χ0) is 9.56. The third-order valence-corrected chi connectivity index (χ3v) is 1.74. The van der Waals surface area contributed by atoms with Crippen molar-refractivity contribution in [1.82, 2.24) is 0 Å². The molecule has 6 nitrogen and oxygen atoms in total. The van der Waals surface area contributed by atoms with Crippen molar-refractivity contribution in [2.24, 2.45) is 0 Å². The normalized spacial score (nSPS) is 11.8. The Morgan fingerprint density at radius 1 is 1.75 bits per heavy atom. The van der Waals surface area contributed by atoms with Gasteiger partial charge in [-0.3, -0.25) is 4.79 Å². The van der Waals surface area contributed by atoms with Crippen molar-refractivity contribution >= 4 is 28.6 Å². The molecular formula is C5H8INO5. The molecule has 7 heteroatoms. The van der Waals surface area contributed by atoms with E-state index < -0.39 is 15.0 Å². The summed E-state index contributed by atoms with van der Waals surface area (Å²) in [5.74, 6) is -0.500. The van der Waals surface area contributed by atoms with Crippen LogP contribution >= 0.6 is 22.6 Å². The van der Waals surface area contributed by atoms with E-state index in [-0.39, 0.29) is 13.2 Å². The highest BCUT2D eigenvalue weighted by molar-refractivity contribution is 14.1. The molecule has 0 rings (SSSR count). The molecule has 0 heterocycles. The Morgan fingerprint density at radius 2 is 2.33 bits per heavy atom. The second kappa shape index (κ2) is 5.98. The number of ether oxygens (including phenoxy) is 1. The molecule has 70 valence electrons. The van der Waals surface area contributed by atoms with Gasteiger partial charge in [0.2, 0.25) is 0 Å². The number of rotatable bonds is 5. The summed E-state index contributed by atoms with van der Waals surface area (Å²) in [5, 5.41) is 8.77. The third-order valence-electron chi connectivity index (χ3n) is 0.869. The molecular weight excluding hydrogens is 281 g/mol. The van der Waals surface area contributed by atoms with Gasteiger partial charge in [-0.15, -0.1) is 10.1 Å². The predicted octanol–water partition coefficient (Wildman–Crippen LogP) is 0.561. The molecule has 0 bridgehead atoms. The molecule has 0 aliphatic carbocycles. The zero-order valence-corrected chi connectivity index (χ0v) is 8.52. The summed E-state index contributed by atoms with van der Waals surface area (Å²) >= 11 is 1.72. The fraction of sp³-hybridized carbons (Fsp3) is 0.800. The van der Waals surface area contributed by atoms with E-state index in [4.69, 9.17) is 0 Å². The highest BCUT2D eigenvalue weighted by atomic mass is 127. The molecule has 0 aliphatic rings. The molecule has 1 atom stereocenters. The first-order chi connectivity index (χ1) is 5.57. The highest BCUT2D eigenvalue weighted by Gasteiger charge is 2.17. The number of hydrogen-bond donors (Lipinski definition) is 0. The van der Waals surface area contributed by atoms with Crippen LogP contribution in [0, 0.1) is 10.1 Å². The standard InChI is InChI=1S/C5H8INO5/c1-2-11-5(8)4(6)3-12-7(9)10/h4H,2-3H2,1H3. The van der Waals surface area contributed by atoms with Crippen molar-refractivity contribution < 1.29 is 19.5 Å². The van der Waals surface area contributed by atoms with E-state index in [9.17, 15) is 14.9 Å². The highest BCUT2D eigenvalue weighted by Crippen LogP contribution is 2.03. The third kappa shape index (κ3) is 5.10. The first-order valence-electron chi connectivity index (χ1n) is 3.16. The van der Waals surface area contributed by atoms with E-state index >= 15 is 0 Å². The summed E-state index contributed by atoms with van der Waals surface area (Å²) < 4.78 is 3.96. The number of halogens is 1. The van der Waals surface area contributed by atoms with E-state index in [1.54, 1.807) is 29.5 Å². The summed E-state index contributed by atoms with van der Waals surface area (Å²) in [4.78, 5) is 24.5. The Morgan fingerprint density at radius 3 is 2.75 bits per heavy atom. The first-order valence-corrected chi connectivity index (χ1v) is 4.40. The van der Waals surface area contributed by atoms with Crippen LogP contribution in [0.5, 0.6) is 0 Å². The average molecular weight is 289 g/mol. The second-order valence-electron chi connectivity index (χ2n) is 1.74. The molecule has 12 heavy (non-hydrogen) atoms. The van der Waals surface area contributed by atoms with Gasteiger partial charge in [0, 0.05) is 0 Å². The van der Waals surface area contributed by atoms with Crippen molar-refractivity contribution in [3.05, 3.63) is 10.1 Å². The predicted molar refractivity (Wildman–Crippen MR) is 47.4 cm³/mol. The minimum Gasteiger partial charge on any atom is -0.465 e. The molecule has 0 saturated carbocycles. The molecule has 0 aromatic heterocycles. The zero-order valence-electron chi connectivity index (χ0n) is 6.36. The van der Waals surface area contributed by atoms with Gasteiger partial charge in [-0.1, -0.05) is 22.6 Å². The Balaban J connectivity index is 3.63. The maximum absolute atomic E-state index is 10.8. The van der Waals surface area contributed by atoms with E-state index in [1.807, 2.05) is 0 Å². The summed E-state index contributed by atoms with van der Waals surface area (Å²) in [7, 11) is 0. The number of esters is 1. The summed E-state index contributed by atoms with van der Waals surface area (Å²) in [5.41, 5.74) is 0. The molecule has 0 fully saturated rings. The van der Waals surface area contributed by atoms with Gasteiger partial charge in [0.15, 0.2) is 0 Å². The molecule has 0 radical (unpaired) electrons. The maximum Gasteiger partial charge on any atom is 0.320 e. The lowest BCUT2D eigenvalue weighted by Crippen LogP contribution is -2.23. The Hall–Kier alpha value is -0.600. The van der Waals surface area contributed by atoms with Crippen LogP contribution in [0.4, 0.5) is 0 Å². The number of carbonyl (C=O) groups excluding carboxylic acids is 1. The lowest BCUT2D eigenvalue weighted by molar-refractivity contribution is -0.757. The van der Waals surface area contributed by atoms with Crippen molar-refractivity contribution in [3.63, 3.8) is 0 Å². The van der Waals surface area contributed by atoms with Crippen LogP contribution in [-0.4, -0.2) is 28.2 Å². The van der Waals surface area contributed by atoms with E-state index in [1.165, 1.54) is 0 Å². The Bertz CT molecular complexity index is 173. The van der Waals surface area contributed by atoms with Gasteiger partial charge in [0.25, 0.3) is 5.09 Å². The molecule has 0 amide bonds. The smallest absolute Gasteiger partial charge is 0.320 e. The van der Waals surface area contributed by atoms with Crippen molar-refractivity contribution in [2.45, 2.75) is 10.8 Å². The lowest BCUT2D eigenvalue weighted by atomic mass is 10.5. The largest absolute Gasteiger partial charge is 0.465 e. The van der Waals surface area contributed by atoms with Gasteiger partial charge in [-0.05, 0) is 6.92 Å². The topological polar surface area (TPSA) is 78.7 Å². The molecule has 0 N–H and O–H groups in total. The first kappa shape index (κ1) is 11.4.